The average molecular weight is 443 g/mol. The molecule has 1 aromatic carbocycles. The number of rotatable bonds is 5. The first-order chi connectivity index (χ1) is 12.0. The zero-order valence-electron chi connectivity index (χ0n) is 15.2. The molecule has 1 heterocycles. The van der Waals surface area contributed by atoms with Crippen molar-refractivity contribution in [3.05, 3.63) is 34.3 Å². The minimum atomic E-state index is 0.139. The normalized spacial score (nSPS) is 26.1. The van der Waals surface area contributed by atoms with Crippen LogP contribution in [0, 0.1) is 0 Å². The van der Waals surface area contributed by atoms with Crippen LogP contribution < -0.4 is 0 Å². The van der Waals surface area contributed by atoms with Crippen molar-refractivity contribution in [2.24, 2.45) is 0 Å². The fraction of sp³-hybridized carbons (Fsp3) is 0.632. The summed E-state index contributed by atoms with van der Waals surface area (Å²) < 4.78 is 1.20. The lowest BCUT2D eigenvalue weighted by Gasteiger charge is -2.43. The summed E-state index contributed by atoms with van der Waals surface area (Å²) in [6.07, 6.45) is 9.29. The molecule has 138 valence electrons. The molecule has 2 fully saturated rings. The number of likely N-dealkylation sites (tertiary alicyclic amines) is 1. The van der Waals surface area contributed by atoms with E-state index in [4.69, 9.17) is 0 Å². The van der Waals surface area contributed by atoms with Gasteiger partial charge in [-0.1, -0.05) is 15.9 Å². The van der Waals surface area contributed by atoms with Crippen LogP contribution in [0.2, 0.25) is 0 Å². The first-order valence-electron chi connectivity index (χ1n) is 8.89. The predicted molar refractivity (Wildman–Crippen MR) is 114 cm³/mol. The monoisotopic (exact) mass is 442 g/mol. The number of amides is 1. The zero-order valence-corrected chi connectivity index (χ0v) is 18.4. The quantitative estimate of drug-likeness (QED) is 0.622. The van der Waals surface area contributed by atoms with Crippen molar-refractivity contribution in [1.29, 1.82) is 0 Å². The van der Waals surface area contributed by atoms with Crippen molar-refractivity contribution in [2.45, 2.75) is 41.8 Å². The number of halogens is 1. The molecule has 1 aromatic rings. The van der Waals surface area contributed by atoms with Crippen LogP contribution in [0.15, 0.2) is 28.7 Å². The van der Waals surface area contributed by atoms with Gasteiger partial charge in [0.25, 0.3) is 5.91 Å². The van der Waals surface area contributed by atoms with Crippen LogP contribution >= 0.6 is 39.5 Å². The van der Waals surface area contributed by atoms with Crippen LogP contribution in [-0.2, 0) is 0 Å². The molecule has 1 saturated carbocycles. The Labute approximate surface area is 168 Å². The van der Waals surface area contributed by atoms with Crippen LogP contribution in [0.3, 0.4) is 0 Å². The van der Waals surface area contributed by atoms with E-state index in [0.29, 0.717) is 6.04 Å². The third kappa shape index (κ3) is 3.78. The number of benzene rings is 1. The van der Waals surface area contributed by atoms with E-state index in [9.17, 15) is 4.79 Å². The Balaban J connectivity index is 1.85. The zero-order chi connectivity index (χ0) is 18.0. The van der Waals surface area contributed by atoms with Crippen molar-refractivity contribution < 1.29 is 4.79 Å². The van der Waals surface area contributed by atoms with Gasteiger partial charge in [-0.25, -0.2) is 0 Å². The first kappa shape index (κ1) is 19.6. The number of nitrogens with zero attached hydrogens (tertiary/aromatic N) is 2. The molecule has 2 atom stereocenters. The molecular weight excluding hydrogens is 416 g/mol. The summed E-state index contributed by atoms with van der Waals surface area (Å²) in [7, 11) is 1.99. The van der Waals surface area contributed by atoms with Crippen LogP contribution in [0.4, 0.5) is 0 Å². The predicted octanol–water partition coefficient (Wildman–Crippen LogP) is 4.57. The summed E-state index contributed by atoms with van der Waals surface area (Å²) in [5.41, 5.74) is 0.775. The number of likely N-dealkylation sites (N-methyl/N-ethyl adjacent to an activating group) is 1. The molecule has 0 spiro atoms. The van der Waals surface area contributed by atoms with Crippen molar-refractivity contribution >= 4 is 45.4 Å². The van der Waals surface area contributed by atoms with Gasteiger partial charge in [0.15, 0.2) is 0 Å². The minimum absolute atomic E-state index is 0.139. The lowest BCUT2D eigenvalue weighted by atomic mass is 10.1. The Morgan fingerprint density at radius 1 is 1.20 bits per heavy atom. The molecule has 3 nitrogen and oxygen atoms in total. The van der Waals surface area contributed by atoms with E-state index >= 15 is 0 Å². The van der Waals surface area contributed by atoms with Crippen molar-refractivity contribution in [3.63, 3.8) is 0 Å². The summed E-state index contributed by atoms with van der Waals surface area (Å²) in [4.78, 5) is 17.7. The maximum atomic E-state index is 13.1. The van der Waals surface area contributed by atoms with E-state index < -0.39 is 0 Å². The van der Waals surface area contributed by atoms with E-state index in [2.05, 4.69) is 33.3 Å². The highest BCUT2D eigenvalue weighted by Crippen LogP contribution is 2.51. The van der Waals surface area contributed by atoms with Crippen molar-refractivity contribution in [1.82, 2.24) is 9.80 Å². The minimum Gasteiger partial charge on any atom is -0.337 e. The largest absolute Gasteiger partial charge is 0.337 e. The van der Waals surface area contributed by atoms with Crippen LogP contribution in [0.1, 0.15) is 36.0 Å². The van der Waals surface area contributed by atoms with Gasteiger partial charge in [-0.3, -0.25) is 9.69 Å². The summed E-state index contributed by atoms with van der Waals surface area (Å²) in [6.45, 7) is 2.34. The Kier molecular flexibility index (Phi) is 6.45. The summed E-state index contributed by atoms with van der Waals surface area (Å²) in [5.74, 6) is 0.139. The number of hydrogen-bond donors (Lipinski definition) is 0. The molecule has 2 unspecified atom stereocenters. The standard InChI is InChI=1S/C19H27BrN2OS2/c1-21(18(23)14-6-8-15(20)9-7-14)16-10-11-19(24-2,25-3)17(16)22-12-4-5-13-22/h6-9,16-17H,4-5,10-13H2,1-3H3. The Bertz CT molecular complexity index is 600. The number of carbonyl (C=O) groups is 1. The topological polar surface area (TPSA) is 23.6 Å². The highest BCUT2D eigenvalue weighted by molar-refractivity contribution is 9.10. The van der Waals surface area contributed by atoms with Gasteiger partial charge in [-0.2, -0.15) is 0 Å². The molecule has 0 bridgehead atoms. The SMILES string of the molecule is CSC1(SC)CCC(N(C)C(=O)c2ccc(Br)cc2)C1N1CCCC1. The molecule has 6 heteroatoms. The Morgan fingerprint density at radius 3 is 2.36 bits per heavy atom. The van der Waals surface area contributed by atoms with Gasteiger partial charge in [0.1, 0.15) is 0 Å². The highest BCUT2D eigenvalue weighted by atomic mass is 79.9. The second-order valence-electron chi connectivity index (χ2n) is 6.94. The van der Waals surface area contributed by atoms with Crippen molar-refractivity contribution in [3.8, 4) is 0 Å². The van der Waals surface area contributed by atoms with E-state index in [0.717, 1.165) is 16.5 Å². The summed E-state index contributed by atoms with van der Waals surface area (Å²) >= 11 is 7.41. The van der Waals surface area contributed by atoms with Gasteiger partial charge in [0.05, 0.1) is 10.1 Å². The molecule has 0 aromatic heterocycles. The van der Waals surface area contributed by atoms with Crippen molar-refractivity contribution in [2.75, 3.05) is 32.6 Å². The number of thioether (sulfide) groups is 2. The number of carbonyl (C=O) groups excluding carboxylic acids is 1. The maximum absolute atomic E-state index is 13.1. The van der Waals surface area contributed by atoms with E-state index in [1.807, 2.05) is 59.7 Å². The van der Waals surface area contributed by atoms with E-state index in [1.54, 1.807) is 0 Å². The van der Waals surface area contributed by atoms with E-state index in [1.165, 1.54) is 32.4 Å². The first-order valence-corrected chi connectivity index (χ1v) is 12.1. The van der Waals surface area contributed by atoms with Gasteiger partial charge in [-0.05, 0) is 75.5 Å². The average Bonchev–Trinajstić information content (AvgIpc) is 3.28. The fourth-order valence-corrected chi connectivity index (χ4v) is 7.04. The number of hydrogen-bond acceptors (Lipinski definition) is 4. The molecule has 1 aliphatic carbocycles. The second-order valence-corrected chi connectivity index (χ2v) is 10.4. The maximum Gasteiger partial charge on any atom is 0.253 e. The van der Waals surface area contributed by atoms with Crippen LogP contribution in [0.25, 0.3) is 0 Å². The molecule has 0 radical (unpaired) electrons. The second kappa shape index (κ2) is 8.24. The Morgan fingerprint density at radius 2 is 1.80 bits per heavy atom. The molecule has 0 N–H and O–H groups in total. The lowest BCUT2D eigenvalue weighted by molar-refractivity contribution is 0.0644. The summed E-state index contributed by atoms with van der Waals surface area (Å²) in [5, 5.41) is 0. The lowest BCUT2D eigenvalue weighted by Crippen LogP contribution is -2.55. The van der Waals surface area contributed by atoms with E-state index in [-0.39, 0.29) is 16.0 Å². The molecule has 2 aliphatic rings. The molecule has 1 saturated heterocycles. The molecule has 25 heavy (non-hydrogen) atoms. The third-order valence-electron chi connectivity index (χ3n) is 5.74. The van der Waals surface area contributed by atoms with Gasteiger partial charge in [0, 0.05) is 23.1 Å². The molecule has 1 aliphatic heterocycles. The Hall–Kier alpha value is -0.170. The smallest absolute Gasteiger partial charge is 0.253 e. The van der Waals surface area contributed by atoms with Gasteiger partial charge in [-0.15, -0.1) is 23.5 Å². The van der Waals surface area contributed by atoms with Gasteiger partial charge < -0.3 is 4.90 Å². The third-order valence-corrected chi connectivity index (χ3v) is 9.54. The molecule has 1 amide bonds. The van der Waals surface area contributed by atoms with Gasteiger partial charge in [0.2, 0.25) is 0 Å². The van der Waals surface area contributed by atoms with Gasteiger partial charge >= 0.3 is 0 Å². The molecule has 3 rings (SSSR count). The van der Waals surface area contributed by atoms with Crippen LogP contribution in [0.5, 0.6) is 0 Å². The highest BCUT2D eigenvalue weighted by Gasteiger charge is 2.52. The van der Waals surface area contributed by atoms with Crippen LogP contribution in [-0.4, -0.2) is 64.5 Å². The fourth-order valence-electron chi connectivity index (χ4n) is 4.37. The molecular formula is C19H27BrN2OS2. The summed E-state index contributed by atoms with van der Waals surface area (Å²) in [6, 6.07) is 8.44.